The van der Waals surface area contributed by atoms with Crippen LogP contribution in [0.1, 0.15) is 37.8 Å². The van der Waals surface area contributed by atoms with Crippen molar-refractivity contribution in [2.45, 2.75) is 39.2 Å². The van der Waals surface area contributed by atoms with E-state index >= 15 is 0 Å². The zero-order valence-electron chi connectivity index (χ0n) is 12.8. The van der Waals surface area contributed by atoms with Gasteiger partial charge in [-0.15, -0.1) is 0 Å². The van der Waals surface area contributed by atoms with Gasteiger partial charge in [0.15, 0.2) is 0 Å². The van der Waals surface area contributed by atoms with Crippen molar-refractivity contribution < 1.29 is 18.3 Å². The molecule has 0 spiro atoms. The fourth-order valence-corrected chi connectivity index (χ4v) is 1.82. The number of nitrogens with two attached hydrogens (primary N) is 1. The summed E-state index contributed by atoms with van der Waals surface area (Å²) in [6, 6.07) is 2.25. The molecule has 1 rings (SSSR count). The second kappa shape index (κ2) is 6.85. The number of hydrogen-bond donors (Lipinski definition) is 2. The van der Waals surface area contributed by atoms with Gasteiger partial charge >= 0.3 is 6.09 Å². The minimum atomic E-state index is -0.622. The van der Waals surface area contributed by atoms with Crippen LogP contribution in [-0.4, -0.2) is 24.8 Å². The predicted octanol–water partition coefficient (Wildman–Crippen LogP) is 2.84. The van der Waals surface area contributed by atoms with Crippen molar-refractivity contribution in [1.82, 2.24) is 5.32 Å². The van der Waals surface area contributed by atoms with Crippen molar-refractivity contribution in [2.75, 3.05) is 13.1 Å². The fourth-order valence-electron chi connectivity index (χ4n) is 1.82. The Hall–Kier alpha value is -1.69. The summed E-state index contributed by atoms with van der Waals surface area (Å²) in [7, 11) is 0. The van der Waals surface area contributed by atoms with E-state index in [2.05, 4.69) is 5.32 Å². The Morgan fingerprint density at radius 2 is 1.95 bits per heavy atom. The van der Waals surface area contributed by atoms with Gasteiger partial charge in [0, 0.05) is 19.0 Å². The molecule has 0 aliphatic carbocycles. The van der Waals surface area contributed by atoms with E-state index in [9.17, 15) is 13.6 Å². The lowest BCUT2D eigenvalue weighted by Gasteiger charge is -2.22. The third kappa shape index (κ3) is 5.30. The van der Waals surface area contributed by atoms with E-state index in [1.54, 1.807) is 20.8 Å². The van der Waals surface area contributed by atoms with Gasteiger partial charge < -0.3 is 15.8 Å². The maximum absolute atomic E-state index is 13.9. The van der Waals surface area contributed by atoms with Crippen LogP contribution >= 0.6 is 0 Å². The first kappa shape index (κ1) is 17.4. The largest absolute Gasteiger partial charge is 0.444 e. The molecular weight excluding hydrogens is 278 g/mol. The Morgan fingerprint density at radius 1 is 1.33 bits per heavy atom. The number of carbonyl (C=O) groups excluding carboxylic acids is 1. The first-order chi connectivity index (χ1) is 9.64. The first-order valence-electron chi connectivity index (χ1n) is 6.76. The summed E-state index contributed by atoms with van der Waals surface area (Å²) in [5.74, 6) is -1.55. The number of carbonyl (C=O) groups is 1. The molecule has 0 heterocycles. The number of rotatable bonds is 4. The zero-order valence-corrected chi connectivity index (χ0v) is 12.8. The van der Waals surface area contributed by atoms with Gasteiger partial charge in [-0.05, 0) is 51.0 Å². The third-order valence-corrected chi connectivity index (χ3v) is 2.89. The molecule has 1 atom stereocenters. The normalized spacial score (nSPS) is 12.9. The van der Waals surface area contributed by atoms with Crippen LogP contribution < -0.4 is 11.1 Å². The lowest BCUT2D eigenvalue weighted by atomic mass is 9.97. The van der Waals surface area contributed by atoms with Gasteiger partial charge in [-0.25, -0.2) is 13.6 Å². The number of alkyl carbamates (subject to hydrolysis) is 1. The highest BCUT2D eigenvalue weighted by Gasteiger charge is 2.20. The van der Waals surface area contributed by atoms with Crippen LogP contribution in [0, 0.1) is 18.6 Å². The number of halogens is 2. The summed E-state index contributed by atoms with van der Waals surface area (Å²) in [5.41, 5.74) is 5.35. The standard InChI is InChI=1S/C15H22F2N2O2/c1-9-5-13(17)11(6-12(9)16)10(7-18)8-19-14(20)21-15(2,3)4/h5-6,10H,7-8,18H2,1-4H3,(H,19,20). The van der Waals surface area contributed by atoms with Gasteiger partial charge in [0.2, 0.25) is 0 Å². The smallest absolute Gasteiger partial charge is 0.407 e. The summed E-state index contributed by atoms with van der Waals surface area (Å²) >= 11 is 0. The molecule has 3 N–H and O–H groups in total. The molecule has 1 aromatic rings. The Labute approximate surface area is 123 Å². The lowest BCUT2D eigenvalue weighted by molar-refractivity contribution is 0.0524. The van der Waals surface area contributed by atoms with Crippen LogP contribution in [-0.2, 0) is 4.74 Å². The summed E-state index contributed by atoms with van der Waals surface area (Å²) in [4.78, 5) is 11.6. The number of aryl methyl sites for hydroxylation is 1. The first-order valence-corrected chi connectivity index (χ1v) is 6.76. The van der Waals surface area contributed by atoms with Crippen LogP contribution in [0.5, 0.6) is 0 Å². The Balaban J connectivity index is 2.76. The van der Waals surface area contributed by atoms with E-state index in [4.69, 9.17) is 10.5 Å². The van der Waals surface area contributed by atoms with E-state index in [0.29, 0.717) is 0 Å². The molecule has 0 saturated carbocycles. The molecule has 0 fully saturated rings. The Bertz CT molecular complexity index is 513. The Kier molecular flexibility index (Phi) is 5.66. The van der Waals surface area contributed by atoms with Gasteiger partial charge in [-0.1, -0.05) is 0 Å². The van der Waals surface area contributed by atoms with E-state index in [0.717, 1.165) is 12.1 Å². The lowest BCUT2D eigenvalue weighted by Crippen LogP contribution is -2.36. The topological polar surface area (TPSA) is 64.3 Å². The van der Waals surface area contributed by atoms with Crippen molar-refractivity contribution in [3.8, 4) is 0 Å². The zero-order chi connectivity index (χ0) is 16.2. The van der Waals surface area contributed by atoms with E-state index < -0.39 is 29.2 Å². The van der Waals surface area contributed by atoms with Crippen LogP contribution in [0.15, 0.2) is 12.1 Å². The minimum Gasteiger partial charge on any atom is -0.444 e. The molecule has 0 radical (unpaired) electrons. The predicted molar refractivity (Wildman–Crippen MR) is 77.1 cm³/mol. The molecule has 1 aromatic carbocycles. The van der Waals surface area contributed by atoms with Crippen molar-refractivity contribution in [3.05, 3.63) is 34.9 Å². The van der Waals surface area contributed by atoms with Gasteiger partial charge in [-0.2, -0.15) is 0 Å². The van der Waals surface area contributed by atoms with Gasteiger partial charge in [0.1, 0.15) is 17.2 Å². The number of nitrogens with one attached hydrogen (secondary N) is 1. The quantitative estimate of drug-likeness (QED) is 0.898. The highest BCUT2D eigenvalue weighted by Crippen LogP contribution is 2.21. The average Bonchev–Trinajstić information content (AvgIpc) is 2.33. The molecule has 0 aliphatic heterocycles. The molecule has 1 amide bonds. The molecule has 1 unspecified atom stereocenters. The van der Waals surface area contributed by atoms with Gasteiger partial charge in [-0.3, -0.25) is 0 Å². The van der Waals surface area contributed by atoms with E-state index in [1.165, 1.54) is 6.92 Å². The van der Waals surface area contributed by atoms with Gasteiger partial charge in [0.05, 0.1) is 0 Å². The average molecular weight is 300 g/mol. The van der Waals surface area contributed by atoms with Crippen molar-refractivity contribution in [2.24, 2.45) is 5.73 Å². The third-order valence-electron chi connectivity index (χ3n) is 2.89. The highest BCUT2D eigenvalue weighted by molar-refractivity contribution is 5.67. The molecule has 0 saturated heterocycles. The molecule has 0 aromatic heterocycles. The molecule has 118 valence electrons. The number of hydrogen-bond acceptors (Lipinski definition) is 3. The second-order valence-electron chi connectivity index (χ2n) is 5.94. The van der Waals surface area contributed by atoms with Crippen LogP contribution in [0.4, 0.5) is 13.6 Å². The van der Waals surface area contributed by atoms with Crippen LogP contribution in [0.2, 0.25) is 0 Å². The molecule has 21 heavy (non-hydrogen) atoms. The molecule has 4 nitrogen and oxygen atoms in total. The van der Waals surface area contributed by atoms with Crippen molar-refractivity contribution in [1.29, 1.82) is 0 Å². The molecule has 6 heteroatoms. The summed E-state index contributed by atoms with van der Waals surface area (Å²) in [6.07, 6.45) is -0.617. The van der Waals surface area contributed by atoms with Crippen LogP contribution in [0.3, 0.4) is 0 Å². The number of amides is 1. The van der Waals surface area contributed by atoms with Crippen molar-refractivity contribution >= 4 is 6.09 Å². The molecule has 0 bridgehead atoms. The van der Waals surface area contributed by atoms with Gasteiger partial charge in [0.25, 0.3) is 0 Å². The van der Waals surface area contributed by atoms with Crippen LogP contribution in [0.25, 0.3) is 0 Å². The molecule has 0 aliphatic rings. The van der Waals surface area contributed by atoms with Crippen molar-refractivity contribution in [3.63, 3.8) is 0 Å². The summed E-state index contributed by atoms with van der Waals surface area (Å²) < 4.78 is 32.5. The van der Waals surface area contributed by atoms with E-state index in [1.807, 2.05) is 0 Å². The maximum atomic E-state index is 13.9. The van der Waals surface area contributed by atoms with E-state index in [-0.39, 0.29) is 24.2 Å². The summed E-state index contributed by atoms with van der Waals surface area (Å²) in [5, 5.41) is 2.52. The fraction of sp³-hybridized carbons (Fsp3) is 0.533. The summed E-state index contributed by atoms with van der Waals surface area (Å²) in [6.45, 7) is 6.85. The minimum absolute atomic E-state index is 0.0742. The maximum Gasteiger partial charge on any atom is 0.407 e. The SMILES string of the molecule is Cc1cc(F)c(C(CN)CNC(=O)OC(C)(C)C)cc1F. The molecular formula is C15H22F2N2O2. The highest BCUT2D eigenvalue weighted by atomic mass is 19.1. The second-order valence-corrected chi connectivity index (χ2v) is 5.94. The number of benzene rings is 1. The monoisotopic (exact) mass is 300 g/mol. The number of ether oxygens (including phenoxy) is 1. The Morgan fingerprint density at radius 3 is 2.48 bits per heavy atom.